The van der Waals surface area contributed by atoms with Crippen molar-refractivity contribution in [2.45, 2.75) is 145 Å². The van der Waals surface area contributed by atoms with Crippen LogP contribution in [0.15, 0.2) is 131 Å². The Bertz CT molecular complexity index is 2410. The lowest BCUT2D eigenvalue weighted by molar-refractivity contribution is -0.161. The molecule has 0 aromatic carbocycles. The van der Waals surface area contributed by atoms with E-state index in [1.54, 1.807) is 19.1 Å². The standard InChI is InChI=1S/C55H72N4O7/c1-12-38-35(8)42-27-43-36(9)40(23-24-48(61)66-26-25-34(7)22-16-21-33(6)20-15-19-32(5)18-14-17-31(3)4)51(58-43)50-52-49(53(62)55(50,64)54(63)65-11)37(10)44(59-52)28-46-39(13-2)41(30-60)47(57-46)29-45(38)56-42/h12,25,27-33,36,40,58,60,64H,1,13-24,26H2,2-11H3/b34-25+,41-30?,43-27?,44-28?,45-29?,51-50?/t32-,33-,36+,40+,55+/m1/s1. The van der Waals surface area contributed by atoms with E-state index in [2.05, 4.69) is 46.5 Å². The Morgan fingerprint density at radius 2 is 1.61 bits per heavy atom. The maximum Gasteiger partial charge on any atom is 0.351 e. The highest BCUT2D eigenvalue weighted by atomic mass is 16.5. The van der Waals surface area contributed by atoms with Crippen LogP contribution in [0.3, 0.4) is 0 Å². The van der Waals surface area contributed by atoms with E-state index in [9.17, 15) is 24.6 Å². The molecular weight excluding hydrogens is 829 g/mol. The molecule has 11 nitrogen and oxygen atoms in total. The van der Waals surface area contributed by atoms with Gasteiger partial charge < -0.3 is 25.0 Å². The second-order valence-electron chi connectivity index (χ2n) is 19.6. The van der Waals surface area contributed by atoms with Crippen LogP contribution in [-0.2, 0) is 23.9 Å². The first-order valence-electron chi connectivity index (χ1n) is 24.2. The predicted octanol–water partition coefficient (Wildman–Crippen LogP) is 11.2. The number of fused-ring (bicyclic) bond motifs is 5. The molecule has 354 valence electrons. The van der Waals surface area contributed by atoms with Crippen LogP contribution >= 0.6 is 0 Å². The van der Waals surface area contributed by atoms with Gasteiger partial charge in [-0.3, -0.25) is 9.59 Å². The number of Topliss-reactive ketones (excluding diaryl/α,β-unsaturated/α-hetero) is 1. The topological polar surface area (TPSA) is 159 Å². The van der Waals surface area contributed by atoms with Gasteiger partial charge in [-0.15, -0.1) is 0 Å². The predicted molar refractivity (Wildman–Crippen MR) is 264 cm³/mol. The fourth-order valence-electron chi connectivity index (χ4n) is 10.2. The number of allylic oxidation sites excluding steroid dienone is 11. The Kier molecular flexibility index (Phi) is 16.3. The molecule has 1 aliphatic carbocycles. The molecule has 0 aromatic rings. The smallest absolute Gasteiger partial charge is 0.351 e. The molecule has 8 bridgehead atoms. The number of carbonyl (C=O) groups excluding carboxylic acids is 3. The summed E-state index contributed by atoms with van der Waals surface area (Å²) in [7, 11) is 1.13. The van der Waals surface area contributed by atoms with Gasteiger partial charge in [-0.2, -0.15) is 0 Å². The maximum absolute atomic E-state index is 14.5. The molecule has 66 heavy (non-hydrogen) atoms. The number of hydrogen-bond acceptors (Lipinski definition) is 11. The molecule has 0 amide bonds. The number of aliphatic imine (C=N–C) groups is 3. The molecule has 0 radical (unpaired) electrons. The third kappa shape index (κ3) is 10.3. The molecule has 1 saturated carbocycles. The van der Waals surface area contributed by atoms with E-state index in [0.717, 1.165) is 54.8 Å². The van der Waals surface area contributed by atoms with Gasteiger partial charge in [0.2, 0.25) is 5.78 Å². The van der Waals surface area contributed by atoms with Crippen molar-refractivity contribution in [1.82, 2.24) is 5.32 Å². The Morgan fingerprint density at radius 1 is 0.924 bits per heavy atom. The van der Waals surface area contributed by atoms with Crippen molar-refractivity contribution in [2.24, 2.45) is 44.6 Å². The lowest BCUT2D eigenvalue weighted by Gasteiger charge is -2.24. The first kappa shape index (κ1) is 50.0. The van der Waals surface area contributed by atoms with Crippen molar-refractivity contribution in [3.63, 3.8) is 0 Å². The second-order valence-corrected chi connectivity index (χ2v) is 19.6. The molecule has 0 aromatic heterocycles. The van der Waals surface area contributed by atoms with E-state index < -0.39 is 23.3 Å². The monoisotopic (exact) mass is 901 g/mol. The zero-order valence-corrected chi connectivity index (χ0v) is 41.0. The van der Waals surface area contributed by atoms with Crippen molar-refractivity contribution in [3.8, 4) is 0 Å². The van der Waals surface area contributed by atoms with Gasteiger partial charge in [0.25, 0.3) is 5.60 Å². The minimum Gasteiger partial charge on any atom is -0.515 e. The Balaban J connectivity index is 1.24. The van der Waals surface area contributed by atoms with Gasteiger partial charge in [-0.1, -0.05) is 105 Å². The van der Waals surface area contributed by atoms with Crippen molar-refractivity contribution in [3.05, 3.63) is 116 Å². The SMILES string of the molecule is C=CC1=C(C)C2=NC1=CC1=NC(=C(CC)C1=CO)C=C1N=C3C(=C1C)C(=O)[C@](O)(C(=O)OC)C3=C1NC(=C2)[C@@H](C)[C@@H]1CCC(=O)OC/C=C(\C)CCC[C@H](C)CCC[C@H](C)CCCC(C)C. The van der Waals surface area contributed by atoms with Gasteiger partial charge in [-0.25, -0.2) is 19.8 Å². The number of carbonyl (C=O) groups is 3. The van der Waals surface area contributed by atoms with Crippen molar-refractivity contribution in [2.75, 3.05) is 13.7 Å². The number of esters is 2. The van der Waals surface area contributed by atoms with E-state index in [1.807, 2.05) is 39.0 Å². The van der Waals surface area contributed by atoms with Gasteiger partial charge in [-0.05, 0) is 105 Å². The molecule has 5 atom stereocenters. The van der Waals surface area contributed by atoms with Crippen LogP contribution in [0.4, 0.5) is 0 Å². The number of aliphatic hydroxyl groups excluding tert-OH is 1. The molecule has 6 rings (SSSR count). The quantitative estimate of drug-likeness (QED) is 0.0471. The fourth-order valence-corrected chi connectivity index (χ4v) is 10.2. The molecule has 1 saturated heterocycles. The van der Waals surface area contributed by atoms with Crippen LogP contribution < -0.4 is 5.32 Å². The van der Waals surface area contributed by atoms with Crippen LogP contribution in [0.1, 0.15) is 139 Å². The largest absolute Gasteiger partial charge is 0.515 e. The van der Waals surface area contributed by atoms with Crippen LogP contribution in [0.25, 0.3) is 0 Å². The second kappa shape index (κ2) is 21.5. The van der Waals surface area contributed by atoms with Crippen molar-refractivity contribution < 1.29 is 34.1 Å². The summed E-state index contributed by atoms with van der Waals surface area (Å²) in [6.45, 7) is 23.3. The van der Waals surface area contributed by atoms with E-state index in [1.165, 1.54) is 50.5 Å². The van der Waals surface area contributed by atoms with Gasteiger partial charge >= 0.3 is 11.9 Å². The van der Waals surface area contributed by atoms with Crippen LogP contribution in [-0.4, -0.2) is 64.4 Å². The van der Waals surface area contributed by atoms with E-state index >= 15 is 0 Å². The summed E-state index contributed by atoms with van der Waals surface area (Å²) < 4.78 is 10.9. The zero-order valence-electron chi connectivity index (χ0n) is 41.0. The number of aliphatic hydroxyl groups is 2. The first-order chi connectivity index (χ1) is 31.5. The van der Waals surface area contributed by atoms with Crippen molar-refractivity contribution in [1.29, 1.82) is 0 Å². The number of ketones is 1. The lowest BCUT2D eigenvalue weighted by atomic mass is 9.83. The van der Waals surface area contributed by atoms with Crippen LogP contribution in [0.2, 0.25) is 0 Å². The summed E-state index contributed by atoms with van der Waals surface area (Å²) in [6, 6.07) is 0. The number of ether oxygens (including phenoxy) is 2. The third-order valence-electron chi connectivity index (χ3n) is 14.3. The van der Waals surface area contributed by atoms with Crippen LogP contribution in [0, 0.1) is 29.6 Å². The molecule has 3 N–H and O–H groups in total. The minimum atomic E-state index is -2.70. The highest BCUT2D eigenvalue weighted by Gasteiger charge is 2.62. The summed E-state index contributed by atoms with van der Waals surface area (Å²) in [5.74, 6) is -0.837. The molecule has 6 aliphatic rings. The molecule has 5 heterocycles. The highest BCUT2D eigenvalue weighted by molar-refractivity contribution is 6.46. The zero-order chi connectivity index (χ0) is 48.0. The van der Waals surface area contributed by atoms with E-state index in [4.69, 9.17) is 24.5 Å². The van der Waals surface area contributed by atoms with Gasteiger partial charge in [0.15, 0.2) is 0 Å². The molecular formula is C55H72N4O7. The van der Waals surface area contributed by atoms with Crippen LogP contribution in [0.5, 0.6) is 0 Å². The summed E-state index contributed by atoms with van der Waals surface area (Å²) in [4.78, 5) is 56.4. The number of hydrogen-bond donors (Lipinski definition) is 3. The number of rotatable bonds is 20. The first-order valence-corrected chi connectivity index (χ1v) is 24.2. The van der Waals surface area contributed by atoms with Gasteiger partial charge in [0, 0.05) is 46.4 Å². The van der Waals surface area contributed by atoms with E-state index in [-0.39, 0.29) is 48.2 Å². The summed E-state index contributed by atoms with van der Waals surface area (Å²) in [5, 5.41) is 26.3. The molecule has 2 fully saturated rings. The average molecular weight is 901 g/mol. The lowest BCUT2D eigenvalue weighted by Crippen LogP contribution is -2.47. The van der Waals surface area contributed by atoms with E-state index in [0.29, 0.717) is 63.4 Å². The van der Waals surface area contributed by atoms with Gasteiger partial charge in [0.05, 0.1) is 53.2 Å². The summed E-state index contributed by atoms with van der Waals surface area (Å²) in [5.41, 5.74) is 6.08. The Hall–Kier alpha value is -5.42. The third-order valence-corrected chi connectivity index (χ3v) is 14.3. The van der Waals surface area contributed by atoms with Crippen molar-refractivity contribution >= 4 is 34.9 Å². The Labute approximate surface area is 392 Å². The highest BCUT2D eigenvalue weighted by Crippen LogP contribution is 2.49. The number of methoxy groups -OCH3 is 1. The molecule has 0 spiro atoms. The fraction of sp³-hybridized carbons (Fsp3) is 0.527. The number of nitrogens with zero attached hydrogens (tertiary/aromatic N) is 3. The summed E-state index contributed by atoms with van der Waals surface area (Å²) in [6.07, 6.45) is 22.2. The molecule has 0 unspecified atom stereocenters. The maximum atomic E-state index is 14.5. The molecule has 5 aliphatic heterocycles. The number of nitrogens with one attached hydrogen (secondary N) is 1. The summed E-state index contributed by atoms with van der Waals surface area (Å²) >= 11 is 0. The average Bonchev–Trinajstić information content (AvgIpc) is 4.01. The van der Waals surface area contributed by atoms with Gasteiger partial charge in [0.1, 0.15) is 6.61 Å². The molecule has 11 heteroatoms. The normalized spacial score (nSPS) is 24.2. The Morgan fingerprint density at radius 3 is 2.24 bits per heavy atom. The minimum absolute atomic E-state index is 0.00147.